The van der Waals surface area contributed by atoms with Gasteiger partial charge in [-0.25, -0.2) is 0 Å². The highest BCUT2D eigenvalue weighted by atomic mass is 35.5. The van der Waals surface area contributed by atoms with Crippen LogP contribution in [0.15, 0.2) is 36.4 Å². The molecule has 2 rings (SSSR count). The molecule has 0 atom stereocenters. The molecule has 2 aromatic carbocycles. The number of halogens is 2. The lowest BCUT2D eigenvalue weighted by atomic mass is 10.2. The predicted octanol–water partition coefficient (Wildman–Crippen LogP) is 4.41. The Morgan fingerprint density at radius 1 is 1.17 bits per heavy atom. The fourth-order valence-corrected chi connectivity index (χ4v) is 1.84. The zero-order valence-electron chi connectivity index (χ0n) is 9.71. The second kappa shape index (κ2) is 5.38. The highest BCUT2D eigenvalue weighted by molar-refractivity contribution is 6.42. The summed E-state index contributed by atoms with van der Waals surface area (Å²) in [5.74, 6) is 1.15. The third-order valence-electron chi connectivity index (χ3n) is 2.44. The van der Waals surface area contributed by atoms with Crippen molar-refractivity contribution in [1.82, 2.24) is 0 Å². The van der Waals surface area contributed by atoms with Gasteiger partial charge in [0.05, 0.1) is 16.4 Å². The smallest absolute Gasteiger partial charge is 0.147 e. The van der Waals surface area contributed by atoms with E-state index in [1.165, 1.54) is 0 Å². The topological polar surface area (TPSA) is 47.3 Å². The van der Waals surface area contributed by atoms with E-state index in [0.29, 0.717) is 27.2 Å². The van der Waals surface area contributed by atoms with Gasteiger partial charge in [0.2, 0.25) is 0 Å². The summed E-state index contributed by atoms with van der Waals surface area (Å²) in [5, 5.41) is 3.83. The summed E-state index contributed by atoms with van der Waals surface area (Å²) in [5.41, 5.74) is 7.23. The molecule has 0 saturated heterocycles. The van der Waals surface area contributed by atoms with Crippen LogP contribution in [0.25, 0.3) is 0 Å². The van der Waals surface area contributed by atoms with E-state index >= 15 is 0 Å². The van der Waals surface area contributed by atoms with Crippen molar-refractivity contribution in [2.24, 2.45) is 0 Å². The van der Waals surface area contributed by atoms with E-state index in [-0.39, 0.29) is 0 Å². The first-order chi connectivity index (χ1) is 8.61. The number of nitrogens with one attached hydrogen (secondary N) is 1. The quantitative estimate of drug-likeness (QED) is 0.820. The number of nitrogen functional groups attached to an aromatic ring is 1. The molecular formula is C13H12Cl2N2O. The van der Waals surface area contributed by atoms with E-state index in [2.05, 4.69) is 5.32 Å². The summed E-state index contributed by atoms with van der Waals surface area (Å²) in [6, 6.07) is 10.6. The lowest BCUT2D eigenvalue weighted by Crippen LogP contribution is -1.96. The third-order valence-corrected chi connectivity index (χ3v) is 3.24. The van der Waals surface area contributed by atoms with Crippen LogP contribution >= 0.6 is 23.2 Å². The average molecular weight is 283 g/mol. The number of rotatable bonds is 3. The van der Waals surface area contributed by atoms with Gasteiger partial charge >= 0.3 is 0 Å². The largest absolute Gasteiger partial charge is 0.456 e. The summed E-state index contributed by atoms with van der Waals surface area (Å²) in [6.45, 7) is 0. The summed E-state index contributed by atoms with van der Waals surface area (Å²) in [4.78, 5) is 0. The number of hydrogen-bond donors (Lipinski definition) is 2. The Morgan fingerprint density at radius 3 is 2.67 bits per heavy atom. The van der Waals surface area contributed by atoms with E-state index in [0.717, 1.165) is 5.69 Å². The van der Waals surface area contributed by atoms with Crippen molar-refractivity contribution in [3.8, 4) is 11.5 Å². The van der Waals surface area contributed by atoms with Crippen molar-refractivity contribution >= 4 is 34.6 Å². The van der Waals surface area contributed by atoms with E-state index in [9.17, 15) is 0 Å². The minimum absolute atomic E-state index is 0.391. The molecule has 0 aliphatic heterocycles. The molecule has 0 heterocycles. The second-order valence-corrected chi connectivity index (χ2v) is 4.44. The van der Waals surface area contributed by atoms with Crippen LogP contribution in [0.2, 0.25) is 10.0 Å². The van der Waals surface area contributed by atoms with Crippen molar-refractivity contribution in [2.45, 2.75) is 0 Å². The Hall–Kier alpha value is -1.58. The fraction of sp³-hybridized carbons (Fsp3) is 0.0769. The number of ether oxygens (including phenoxy) is 1. The van der Waals surface area contributed by atoms with Gasteiger partial charge in [0, 0.05) is 13.1 Å². The van der Waals surface area contributed by atoms with E-state index in [4.69, 9.17) is 33.7 Å². The molecule has 0 radical (unpaired) electrons. The Kier molecular flexibility index (Phi) is 3.84. The van der Waals surface area contributed by atoms with Crippen LogP contribution in [0.3, 0.4) is 0 Å². The Bertz CT molecular complexity index is 573. The van der Waals surface area contributed by atoms with Gasteiger partial charge in [-0.1, -0.05) is 29.3 Å². The highest BCUT2D eigenvalue weighted by Gasteiger charge is 2.07. The van der Waals surface area contributed by atoms with Crippen molar-refractivity contribution in [3.05, 3.63) is 46.4 Å². The van der Waals surface area contributed by atoms with Gasteiger partial charge in [-0.3, -0.25) is 0 Å². The van der Waals surface area contributed by atoms with Crippen molar-refractivity contribution in [1.29, 1.82) is 0 Å². The maximum atomic E-state index is 6.05. The normalized spacial score (nSPS) is 10.2. The summed E-state index contributed by atoms with van der Waals surface area (Å²) in [7, 11) is 1.79. The Balaban J connectivity index is 2.31. The number of benzene rings is 2. The third kappa shape index (κ3) is 2.63. The molecule has 0 amide bonds. The lowest BCUT2D eigenvalue weighted by molar-refractivity contribution is 0.483. The summed E-state index contributed by atoms with van der Waals surface area (Å²) in [6.07, 6.45) is 0. The maximum absolute atomic E-state index is 6.05. The number of hydrogen-bond acceptors (Lipinski definition) is 3. The van der Waals surface area contributed by atoms with Crippen molar-refractivity contribution in [2.75, 3.05) is 18.1 Å². The van der Waals surface area contributed by atoms with Gasteiger partial charge in [-0.15, -0.1) is 0 Å². The van der Waals surface area contributed by atoms with Gasteiger partial charge in [0.15, 0.2) is 0 Å². The minimum atomic E-state index is 0.391. The summed E-state index contributed by atoms with van der Waals surface area (Å²) < 4.78 is 5.68. The lowest BCUT2D eigenvalue weighted by Gasteiger charge is -2.11. The summed E-state index contributed by atoms with van der Waals surface area (Å²) >= 11 is 12.0. The van der Waals surface area contributed by atoms with Crippen molar-refractivity contribution in [3.63, 3.8) is 0 Å². The first-order valence-corrected chi connectivity index (χ1v) is 6.06. The molecule has 0 aliphatic carbocycles. The standard InChI is InChI=1S/C13H12Cl2N2O/c1-17-11-7-8(5-6-10(11)16)18-12-4-2-3-9(14)13(12)15/h2-7,17H,16H2,1H3. The molecule has 3 N–H and O–H groups in total. The molecule has 0 bridgehead atoms. The molecule has 5 heteroatoms. The molecule has 0 fully saturated rings. The zero-order valence-corrected chi connectivity index (χ0v) is 11.2. The van der Waals surface area contributed by atoms with Crippen LogP contribution in [-0.2, 0) is 0 Å². The maximum Gasteiger partial charge on any atom is 0.147 e. The molecule has 0 unspecified atom stereocenters. The van der Waals surface area contributed by atoms with E-state index in [1.807, 2.05) is 0 Å². The second-order valence-electron chi connectivity index (χ2n) is 3.65. The van der Waals surface area contributed by atoms with Gasteiger partial charge in [-0.2, -0.15) is 0 Å². The van der Waals surface area contributed by atoms with Gasteiger partial charge in [0.25, 0.3) is 0 Å². The fourth-order valence-electron chi connectivity index (χ4n) is 1.51. The van der Waals surface area contributed by atoms with Gasteiger partial charge in [-0.05, 0) is 24.3 Å². The van der Waals surface area contributed by atoms with Gasteiger partial charge < -0.3 is 15.8 Å². The van der Waals surface area contributed by atoms with Crippen molar-refractivity contribution < 1.29 is 4.74 Å². The molecule has 2 aromatic rings. The molecule has 18 heavy (non-hydrogen) atoms. The number of anilines is 2. The molecule has 0 saturated carbocycles. The minimum Gasteiger partial charge on any atom is -0.456 e. The van der Waals surface area contributed by atoms with Crippen LogP contribution in [0.1, 0.15) is 0 Å². The molecular weight excluding hydrogens is 271 g/mol. The average Bonchev–Trinajstić information content (AvgIpc) is 2.37. The zero-order chi connectivity index (χ0) is 13.1. The number of nitrogens with two attached hydrogens (primary N) is 1. The van der Waals surface area contributed by atoms with E-state index < -0.39 is 0 Å². The van der Waals surface area contributed by atoms with Gasteiger partial charge in [0.1, 0.15) is 16.5 Å². The van der Waals surface area contributed by atoms with Crippen LogP contribution < -0.4 is 15.8 Å². The molecule has 94 valence electrons. The monoisotopic (exact) mass is 282 g/mol. The Labute approximate surface area is 115 Å². The van der Waals surface area contributed by atoms with Crippen LogP contribution in [0, 0.1) is 0 Å². The SMILES string of the molecule is CNc1cc(Oc2cccc(Cl)c2Cl)ccc1N. The molecule has 0 aliphatic rings. The van der Waals surface area contributed by atoms with Crippen LogP contribution in [0.4, 0.5) is 11.4 Å². The molecule has 0 spiro atoms. The first-order valence-electron chi connectivity index (χ1n) is 5.31. The van der Waals surface area contributed by atoms with E-state index in [1.54, 1.807) is 43.4 Å². The van der Waals surface area contributed by atoms with Crippen LogP contribution in [-0.4, -0.2) is 7.05 Å². The molecule has 3 nitrogen and oxygen atoms in total. The first kappa shape index (κ1) is 12.9. The van der Waals surface area contributed by atoms with Crippen LogP contribution in [0.5, 0.6) is 11.5 Å². The Morgan fingerprint density at radius 2 is 1.94 bits per heavy atom. The highest BCUT2D eigenvalue weighted by Crippen LogP contribution is 2.35. The predicted molar refractivity (Wildman–Crippen MR) is 76.9 cm³/mol. The molecule has 0 aromatic heterocycles.